The van der Waals surface area contributed by atoms with Crippen LogP contribution in [0.4, 0.5) is 0 Å². The van der Waals surface area contributed by atoms with E-state index in [0.717, 1.165) is 79.3 Å². The molecule has 5 heterocycles. The van der Waals surface area contributed by atoms with Crippen LogP contribution in [0.3, 0.4) is 0 Å². The third-order valence-corrected chi connectivity index (χ3v) is 10.5. The number of nitrogens with one attached hydrogen (secondary N) is 6. The molecule has 8 bridgehead atoms. The molecule has 0 aromatic carbocycles. The Morgan fingerprint density at radius 2 is 0.904 bits per heavy atom. The number of rotatable bonds is 14. The summed E-state index contributed by atoms with van der Waals surface area (Å²) in [5, 5.41) is 47.1. The van der Waals surface area contributed by atoms with Crippen molar-refractivity contribution in [3.05, 3.63) is 88.7 Å². The molecule has 4 aromatic heterocycles. The lowest BCUT2D eigenvalue weighted by Gasteiger charge is -2.13. The van der Waals surface area contributed by atoms with E-state index < -0.39 is 12.1 Å². The van der Waals surface area contributed by atoms with Crippen LogP contribution in [0.2, 0.25) is 0 Å². The average Bonchev–Trinajstić information content (AvgIpc) is 3.80. The second-order valence-corrected chi connectivity index (χ2v) is 13.8. The number of aliphatic hydroxyl groups is 4. The van der Waals surface area contributed by atoms with Crippen LogP contribution < -0.4 is 32.0 Å². The van der Waals surface area contributed by atoms with Gasteiger partial charge in [0.05, 0.1) is 38.5 Å². The van der Waals surface area contributed by atoms with Crippen molar-refractivity contribution in [2.75, 3.05) is 26.4 Å². The van der Waals surface area contributed by atoms with Crippen molar-refractivity contribution in [2.45, 2.75) is 92.2 Å². The third-order valence-electron chi connectivity index (χ3n) is 10.5. The number of hydrogen-bond donors (Lipinski definition) is 10. The lowest BCUT2D eigenvalue weighted by Crippen LogP contribution is -2.40. The van der Waals surface area contributed by atoms with Crippen LogP contribution in [-0.2, 0) is 35.3 Å². The maximum Gasteiger partial charge on any atom is 0.220 e. The Morgan fingerprint density at radius 3 is 1.40 bits per heavy atom. The van der Waals surface area contributed by atoms with E-state index in [1.807, 2.05) is 19.9 Å². The van der Waals surface area contributed by atoms with Gasteiger partial charge in [-0.1, -0.05) is 13.8 Å². The Kier molecular flexibility index (Phi) is 12.5. The normalized spacial score (nSPS) is 12.4. The van der Waals surface area contributed by atoms with Gasteiger partial charge in [-0.05, 0) is 122 Å². The first-order valence-corrected chi connectivity index (χ1v) is 18.2. The van der Waals surface area contributed by atoms with E-state index in [0.29, 0.717) is 12.8 Å². The molecular weight excluding hydrogens is 660 g/mol. The zero-order chi connectivity index (χ0) is 37.7. The molecule has 0 unspecified atom stereocenters. The van der Waals surface area contributed by atoms with E-state index >= 15 is 0 Å². The van der Waals surface area contributed by atoms with Crippen LogP contribution in [0.15, 0.2) is 0 Å². The van der Waals surface area contributed by atoms with Gasteiger partial charge in [-0.25, -0.2) is 0 Å². The monoisotopic (exact) mass is 714 g/mol. The molecule has 0 atom stereocenters. The number of H-pyrrole nitrogens is 4. The first-order valence-electron chi connectivity index (χ1n) is 18.2. The Hall–Kier alpha value is -4.62. The second kappa shape index (κ2) is 16.8. The highest BCUT2D eigenvalue weighted by Crippen LogP contribution is 2.23. The van der Waals surface area contributed by atoms with Crippen molar-refractivity contribution >= 4 is 36.1 Å². The fourth-order valence-corrected chi connectivity index (χ4v) is 7.29. The minimum absolute atomic E-state index is 0.150. The summed E-state index contributed by atoms with van der Waals surface area (Å²) >= 11 is 0. The first-order chi connectivity index (χ1) is 25.0. The largest absolute Gasteiger partial charge is 0.394 e. The van der Waals surface area contributed by atoms with Gasteiger partial charge < -0.3 is 51.0 Å². The van der Waals surface area contributed by atoms with Crippen LogP contribution in [0.1, 0.15) is 94.0 Å². The molecule has 1 aliphatic heterocycles. The van der Waals surface area contributed by atoms with Crippen LogP contribution in [-0.4, -0.2) is 90.7 Å². The molecule has 0 saturated carbocycles. The van der Waals surface area contributed by atoms with Crippen molar-refractivity contribution < 1.29 is 30.0 Å². The summed E-state index contributed by atoms with van der Waals surface area (Å²) in [6.07, 6.45) is 11.3. The molecule has 5 rings (SSSR count). The van der Waals surface area contributed by atoms with Gasteiger partial charge in [0, 0.05) is 57.0 Å². The molecule has 10 N–H and O–H groups in total. The van der Waals surface area contributed by atoms with Crippen molar-refractivity contribution in [2.24, 2.45) is 0 Å². The van der Waals surface area contributed by atoms with E-state index in [9.17, 15) is 30.0 Å². The minimum atomic E-state index is -0.721. The predicted octanol–water partition coefficient (Wildman–Crippen LogP) is -0.210. The predicted molar refractivity (Wildman–Crippen MR) is 202 cm³/mol. The quantitative estimate of drug-likeness (QED) is 0.0754. The molecule has 12 heteroatoms. The van der Waals surface area contributed by atoms with Crippen LogP contribution in [0.25, 0.3) is 24.3 Å². The summed E-state index contributed by atoms with van der Waals surface area (Å²) in [6, 6.07) is -1.44. The van der Waals surface area contributed by atoms with Gasteiger partial charge in [0.1, 0.15) is 0 Å². The van der Waals surface area contributed by atoms with Gasteiger partial charge in [0.25, 0.3) is 0 Å². The number of amides is 2. The molecule has 0 spiro atoms. The van der Waals surface area contributed by atoms with Gasteiger partial charge in [-0.15, -0.1) is 0 Å². The Labute approximate surface area is 303 Å². The SMILES string of the molecule is CCc1c2[nH]c(c1C)C=c1[nH]c(c(CCC(=O)NC(CO)CO)c1C)=Cc1[nH]c(c(C)c1CCC(=O)NC(CO)CO)C=c1[nH]c(c(C)c1CC)=C2. The van der Waals surface area contributed by atoms with Crippen LogP contribution in [0, 0.1) is 27.7 Å². The number of aromatic amines is 4. The number of carbonyl (C=O) groups excluding carboxylic acids is 2. The number of hydrogen-bond acceptors (Lipinski definition) is 6. The van der Waals surface area contributed by atoms with Crippen LogP contribution >= 0.6 is 0 Å². The fraction of sp³-hybridized carbons (Fsp3) is 0.450. The van der Waals surface area contributed by atoms with Crippen molar-refractivity contribution in [3.63, 3.8) is 0 Å². The third kappa shape index (κ3) is 8.05. The number of aliphatic hydroxyl groups excluding tert-OH is 4. The molecule has 0 fully saturated rings. The summed E-state index contributed by atoms with van der Waals surface area (Å²) in [6.45, 7) is 11.3. The van der Waals surface area contributed by atoms with Crippen LogP contribution in [0.5, 0.6) is 0 Å². The van der Waals surface area contributed by atoms with E-state index in [1.54, 1.807) is 0 Å². The molecule has 0 radical (unpaired) electrons. The zero-order valence-corrected chi connectivity index (χ0v) is 31.1. The molecular formula is C40H54N6O6. The first kappa shape index (κ1) is 38.6. The fourth-order valence-electron chi connectivity index (χ4n) is 7.29. The number of fused-ring (bicyclic) bond motifs is 8. The number of carbonyl (C=O) groups is 2. The molecule has 280 valence electrons. The summed E-state index contributed by atoms with van der Waals surface area (Å²) in [7, 11) is 0. The van der Waals surface area contributed by atoms with Gasteiger partial charge in [0.15, 0.2) is 0 Å². The highest BCUT2D eigenvalue weighted by atomic mass is 16.3. The molecule has 0 aliphatic carbocycles. The van der Waals surface area contributed by atoms with Crippen molar-refractivity contribution in [1.82, 2.24) is 30.6 Å². The Morgan fingerprint density at radius 1 is 0.519 bits per heavy atom. The van der Waals surface area contributed by atoms with Gasteiger partial charge in [-0.3, -0.25) is 9.59 Å². The van der Waals surface area contributed by atoms with Gasteiger partial charge in [-0.2, -0.15) is 0 Å². The van der Waals surface area contributed by atoms with E-state index in [1.165, 1.54) is 22.3 Å². The molecule has 4 aromatic rings. The summed E-state index contributed by atoms with van der Waals surface area (Å²) in [4.78, 5) is 40.5. The summed E-state index contributed by atoms with van der Waals surface area (Å²) in [5.74, 6) is -0.542. The van der Waals surface area contributed by atoms with Crippen molar-refractivity contribution in [3.8, 4) is 0 Å². The zero-order valence-electron chi connectivity index (χ0n) is 31.1. The second-order valence-electron chi connectivity index (χ2n) is 13.8. The average molecular weight is 715 g/mol. The van der Waals surface area contributed by atoms with Gasteiger partial charge >= 0.3 is 0 Å². The van der Waals surface area contributed by atoms with E-state index in [4.69, 9.17) is 0 Å². The maximum atomic E-state index is 12.9. The molecule has 1 aliphatic rings. The molecule has 12 nitrogen and oxygen atoms in total. The molecule has 52 heavy (non-hydrogen) atoms. The Bertz CT molecular complexity index is 2170. The van der Waals surface area contributed by atoms with Gasteiger partial charge in [0.2, 0.25) is 11.8 Å². The summed E-state index contributed by atoms with van der Waals surface area (Å²) in [5.41, 5.74) is 12.5. The van der Waals surface area contributed by atoms with Crippen molar-refractivity contribution in [1.29, 1.82) is 0 Å². The highest BCUT2D eigenvalue weighted by Gasteiger charge is 2.19. The lowest BCUT2D eigenvalue weighted by atomic mass is 10.0. The van der Waals surface area contributed by atoms with E-state index in [-0.39, 0.29) is 51.1 Å². The molecule has 0 saturated heterocycles. The lowest BCUT2D eigenvalue weighted by molar-refractivity contribution is -0.123. The summed E-state index contributed by atoms with van der Waals surface area (Å²) < 4.78 is 0. The minimum Gasteiger partial charge on any atom is -0.394 e. The maximum absolute atomic E-state index is 12.9. The topological polar surface area (TPSA) is 202 Å². The Balaban J connectivity index is 1.74. The smallest absolute Gasteiger partial charge is 0.220 e. The van der Waals surface area contributed by atoms with E-state index in [2.05, 4.69) is 76.5 Å². The highest BCUT2D eigenvalue weighted by molar-refractivity contribution is 5.77. The molecule has 2 amide bonds. The standard InChI is InChI=1S/C40H54N6O6/c1-7-27-21(3)31-13-32-23(5)29(9-11-39(51)41-25(17-47)18-48)37(45-32)16-38-30(10-12-40(52)42-26(19-49)20-50)24(6)34(46-38)15-36-28(8-2)22(4)33(44-36)14-35(27)43-31/h13-16,25-26,43-50H,7-12,17-20H2,1-6H3,(H,41,51)(H,42,52). The number of aromatic nitrogens is 4.